The Labute approximate surface area is 154 Å². The van der Waals surface area contributed by atoms with E-state index in [0.29, 0.717) is 5.69 Å². The zero-order valence-corrected chi connectivity index (χ0v) is 15.6. The Morgan fingerprint density at radius 2 is 1.77 bits per heavy atom. The number of benzene rings is 2. The Bertz CT molecular complexity index is 757. The third-order valence-electron chi connectivity index (χ3n) is 3.67. The molecule has 0 saturated heterocycles. The monoisotopic (exact) mass is 355 g/mol. The van der Waals surface area contributed by atoms with E-state index in [1.807, 2.05) is 56.3 Å². The molecule has 0 aromatic heterocycles. The van der Waals surface area contributed by atoms with Crippen LogP contribution >= 0.6 is 0 Å². The highest BCUT2D eigenvalue weighted by molar-refractivity contribution is 5.94. The first-order valence-electron chi connectivity index (χ1n) is 8.50. The van der Waals surface area contributed by atoms with E-state index < -0.39 is 0 Å². The molecule has 0 atom stereocenters. The largest absolute Gasteiger partial charge is 0.491 e. The fourth-order valence-electron chi connectivity index (χ4n) is 2.29. The molecule has 0 aliphatic heterocycles. The SMILES string of the molecule is CC(=O)N(C)c1ccc(NCC(=O)Nc2cccc(OC(C)C)c2)cc1. The summed E-state index contributed by atoms with van der Waals surface area (Å²) in [6.07, 6.45) is 0.0765. The highest BCUT2D eigenvalue weighted by Gasteiger charge is 2.07. The lowest BCUT2D eigenvalue weighted by atomic mass is 10.2. The second-order valence-corrected chi connectivity index (χ2v) is 6.22. The molecule has 0 bridgehead atoms. The van der Waals surface area contributed by atoms with Crippen molar-refractivity contribution in [1.82, 2.24) is 0 Å². The van der Waals surface area contributed by atoms with Crippen molar-refractivity contribution in [1.29, 1.82) is 0 Å². The van der Waals surface area contributed by atoms with Crippen molar-refractivity contribution < 1.29 is 14.3 Å². The minimum atomic E-state index is -0.156. The predicted molar refractivity (Wildman–Crippen MR) is 105 cm³/mol. The van der Waals surface area contributed by atoms with Crippen molar-refractivity contribution in [2.45, 2.75) is 26.9 Å². The Morgan fingerprint density at radius 3 is 2.38 bits per heavy atom. The van der Waals surface area contributed by atoms with Crippen molar-refractivity contribution >= 4 is 28.9 Å². The molecule has 138 valence electrons. The maximum atomic E-state index is 12.1. The first-order chi connectivity index (χ1) is 12.3. The van der Waals surface area contributed by atoms with Crippen LogP contribution in [0.15, 0.2) is 48.5 Å². The average molecular weight is 355 g/mol. The molecule has 2 aromatic rings. The molecular formula is C20H25N3O3. The lowest BCUT2D eigenvalue weighted by molar-refractivity contribution is -0.116. The van der Waals surface area contributed by atoms with Gasteiger partial charge in [0.1, 0.15) is 5.75 Å². The van der Waals surface area contributed by atoms with Crippen LogP contribution in [-0.2, 0) is 9.59 Å². The standard InChI is InChI=1S/C20H25N3O3/c1-14(2)26-19-7-5-6-17(12-19)22-20(25)13-21-16-8-10-18(11-9-16)23(4)15(3)24/h5-12,14,21H,13H2,1-4H3,(H,22,25). The number of hydrogen-bond acceptors (Lipinski definition) is 4. The third-order valence-corrected chi connectivity index (χ3v) is 3.67. The summed E-state index contributed by atoms with van der Waals surface area (Å²) in [5, 5.41) is 5.90. The van der Waals surface area contributed by atoms with E-state index in [2.05, 4.69) is 10.6 Å². The van der Waals surface area contributed by atoms with E-state index in [0.717, 1.165) is 17.1 Å². The van der Waals surface area contributed by atoms with Crippen LogP contribution in [0.4, 0.5) is 17.1 Å². The van der Waals surface area contributed by atoms with Gasteiger partial charge in [-0.1, -0.05) is 6.07 Å². The van der Waals surface area contributed by atoms with Gasteiger partial charge in [-0.2, -0.15) is 0 Å². The zero-order valence-electron chi connectivity index (χ0n) is 15.6. The van der Waals surface area contributed by atoms with Crippen LogP contribution in [0.3, 0.4) is 0 Å². The second-order valence-electron chi connectivity index (χ2n) is 6.22. The van der Waals surface area contributed by atoms with Gasteiger partial charge < -0.3 is 20.3 Å². The van der Waals surface area contributed by atoms with Crippen LogP contribution in [-0.4, -0.2) is 31.5 Å². The Morgan fingerprint density at radius 1 is 1.08 bits per heavy atom. The van der Waals surface area contributed by atoms with Gasteiger partial charge in [0, 0.05) is 37.1 Å². The molecule has 0 spiro atoms. The quantitative estimate of drug-likeness (QED) is 0.797. The summed E-state index contributed by atoms with van der Waals surface area (Å²) in [6.45, 7) is 5.55. The van der Waals surface area contributed by atoms with Gasteiger partial charge in [-0.15, -0.1) is 0 Å². The molecule has 0 aliphatic carbocycles. The maximum absolute atomic E-state index is 12.1. The molecule has 0 aliphatic rings. The minimum absolute atomic E-state index is 0.0336. The van der Waals surface area contributed by atoms with Crippen molar-refractivity contribution in [2.24, 2.45) is 0 Å². The molecular weight excluding hydrogens is 330 g/mol. The van der Waals surface area contributed by atoms with Gasteiger partial charge in [-0.3, -0.25) is 9.59 Å². The number of carbonyl (C=O) groups is 2. The van der Waals surface area contributed by atoms with Gasteiger partial charge in [0.25, 0.3) is 0 Å². The molecule has 0 radical (unpaired) electrons. The number of rotatable bonds is 7. The average Bonchev–Trinajstić information content (AvgIpc) is 2.59. The number of anilines is 3. The fraction of sp³-hybridized carbons (Fsp3) is 0.300. The number of carbonyl (C=O) groups excluding carboxylic acids is 2. The molecule has 6 heteroatoms. The van der Waals surface area contributed by atoms with Gasteiger partial charge in [0.15, 0.2) is 0 Å². The second kappa shape index (κ2) is 8.89. The summed E-state index contributed by atoms with van der Waals surface area (Å²) >= 11 is 0. The fourth-order valence-corrected chi connectivity index (χ4v) is 2.29. The molecule has 0 heterocycles. The molecule has 2 N–H and O–H groups in total. The van der Waals surface area contributed by atoms with Crippen LogP contribution < -0.4 is 20.3 Å². The molecule has 26 heavy (non-hydrogen) atoms. The Kier molecular flexibility index (Phi) is 6.60. The normalized spacial score (nSPS) is 10.3. The number of nitrogens with one attached hydrogen (secondary N) is 2. The highest BCUT2D eigenvalue weighted by Crippen LogP contribution is 2.19. The summed E-state index contributed by atoms with van der Waals surface area (Å²) in [5.41, 5.74) is 2.29. The van der Waals surface area contributed by atoms with Crippen LogP contribution in [0.25, 0.3) is 0 Å². The van der Waals surface area contributed by atoms with Gasteiger partial charge in [-0.25, -0.2) is 0 Å². The van der Waals surface area contributed by atoms with Crippen molar-refractivity contribution in [3.8, 4) is 5.75 Å². The molecule has 2 rings (SSSR count). The summed E-state index contributed by atoms with van der Waals surface area (Å²) < 4.78 is 5.62. The van der Waals surface area contributed by atoms with E-state index in [1.165, 1.54) is 6.92 Å². The van der Waals surface area contributed by atoms with E-state index in [4.69, 9.17) is 4.74 Å². The van der Waals surface area contributed by atoms with Crippen molar-refractivity contribution in [2.75, 3.05) is 29.1 Å². The predicted octanol–water partition coefficient (Wildman–Crippen LogP) is 3.51. The maximum Gasteiger partial charge on any atom is 0.243 e. The number of amides is 2. The number of hydrogen-bond donors (Lipinski definition) is 2. The van der Waals surface area contributed by atoms with E-state index in [1.54, 1.807) is 18.0 Å². The summed E-state index contributed by atoms with van der Waals surface area (Å²) in [7, 11) is 1.72. The Hall–Kier alpha value is -3.02. The molecule has 2 aromatic carbocycles. The number of nitrogens with zero attached hydrogens (tertiary/aromatic N) is 1. The molecule has 6 nitrogen and oxygen atoms in total. The van der Waals surface area contributed by atoms with Gasteiger partial charge in [-0.05, 0) is 50.2 Å². The summed E-state index contributed by atoms with van der Waals surface area (Å²) in [6, 6.07) is 14.6. The van der Waals surface area contributed by atoms with Crippen LogP contribution in [0.5, 0.6) is 5.75 Å². The van der Waals surface area contributed by atoms with Crippen LogP contribution in [0, 0.1) is 0 Å². The van der Waals surface area contributed by atoms with Gasteiger partial charge in [0.2, 0.25) is 11.8 Å². The lowest BCUT2D eigenvalue weighted by Crippen LogP contribution is -2.23. The number of ether oxygens (including phenoxy) is 1. The first-order valence-corrected chi connectivity index (χ1v) is 8.50. The van der Waals surface area contributed by atoms with E-state index in [-0.39, 0.29) is 24.5 Å². The highest BCUT2D eigenvalue weighted by atomic mass is 16.5. The summed E-state index contributed by atoms with van der Waals surface area (Å²) in [4.78, 5) is 25.0. The first kappa shape index (κ1) is 19.3. The minimum Gasteiger partial charge on any atom is -0.491 e. The zero-order chi connectivity index (χ0) is 19.1. The van der Waals surface area contributed by atoms with Gasteiger partial charge in [0.05, 0.1) is 12.6 Å². The smallest absolute Gasteiger partial charge is 0.243 e. The van der Waals surface area contributed by atoms with E-state index in [9.17, 15) is 9.59 Å². The molecule has 0 saturated carbocycles. The molecule has 0 unspecified atom stereocenters. The van der Waals surface area contributed by atoms with Gasteiger partial charge >= 0.3 is 0 Å². The Balaban J connectivity index is 1.88. The van der Waals surface area contributed by atoms with Crippen molar-refractivity contribution in [3.63, 3.8) is 0 Å². The van der Waals surface area contributed by atoms with Crippen molar-refractivity contribution in [3.05, 3.63) is 48.5 Å². The van der Waals surface area contributed by atoms with E-state index >= 15 is 0 Å². The lowest BCUT2D eigenvalue weighted by Gasteiger charge is -2.15. The third kappa shape index (κ3) is 5.81. The van der Waals surface area contributed by atoms with Crippen LogP contribution in [0.1, 0.15) is 20.8 Å². The topological polar surface area (TPSA) is 70.7 Å². The summed E-state index contributed by atoms with van der Waals surface area (Å²) in [5.74, 6) is 0.529. The van der Waals surface area contributed by atoms with Crippen LogP contribution in [0.2, 0.25) is 0 Å². The molecule has 2 amide bonds. The molecule has 0 fully saturated rings.